The quantitative estimate of drug-likeness (QED) is 0.297. The average molecular weight is 434 g/mol. The van der Waals surface area contributed by atoms with Gasteiger partial charge in [0.1, 0.15) is 5.56 Å². The number of hydrazine groups is 1. The van der Waals surface area contributed by atoms with Crippen LogP contribution >= 0.6 is 11.3 Å². The van der Waals surface area contributed by atoms with E-state index in [4.69, 9.17) is 0 Å². The van der Waals surface area contributed by atoms with Gasteiger partial charge in [-0.05, 0) is 17.5 Å². The average Bonchev–Trinajstić information content (AvgIpc) is 3.00. The summed E-state index contributed by atoms with van der Waals surface area (Å²) in [7, 11) is -3.54. The maximum Gasteiger partial charge on any atom is 0.272 e. The van der Waals surface area contributed by atoms with Gasteiger partial charge in [0, 0.05) is 13.0 Å². The lowest BCUT2D eigenvalue weighted by Crippen LogP contribution is -3.00. The summed E-state index contributed by atoms with van der Waals surface area (Å²) in [5.41, 5.74) is 3.14. The molecule has 0 saturated carbocycles. The van der Waals surface area contributed by atoms with Gasteiger partial charge in [0.05, 0.1) is 11.1 Å². The molecule has 0 spiro atoms. The standard InChI is InChI=1S/C14H15N3O4S2.BrH/c1-10-5-6-11(14(19)15-16-23(2,20)21)8-17(10)9-12(18)13-4-3-7-22-13;/h3-8,16H,9H2,1-2H3;1H. The first-order valence-electron chi connectivity index (χ1n) is 6.60. The number of Topliss-reactive ketones (excluding diaryl/α,β-unsaturated/α-hetero) is 1. The summed E-state index contributed by atoms with van der Waals surface area (Å²) in [5.74, 6) is -0.660. The number of aryl methyl sites for hydroxylation is 1. The van der Waals surface area contributed by atoms with Gasteiger partial charge in [0.15, 0.2) is 11.9 Å². The molecule has 0 bridgehead atoms. The minimum atomic E-state index is -3.54. The Morgan fingerprint density at radius 3 is 2.54 bits per heavy atom. The van der Waals surface area contributed by atoms with E-state index in [-0.39, 0.29) is 34.9 Å². The molecule has 0 aliphatic carbocycles. The molecule has 0 aromatic carbocycles. The number of sulfonamides is 1. The van der Waals surface area contributed by atoms with Crippen molar-refractivity contribution >= 4 is 33.1 Å². The summed E-state index contributed by atoms with van der Waals surface area (Å²) in [6.45, 7) is 1.92. The van der Waals surface area contributed by atoms with Gasteiger partial charge in [-0.2, -0.15) is 4.57 Å². The molecular weight excluding hydrogens is 418 g/mol. The highest BCUT2D eigenvalue weighted by Crippen LogP contribution is 2.09. The van der Waals surface area contributed by atoms with E-state index in [1.807, 2.05) is 17.1 Å². The highest BCUT2D eigenvalue weighted by Gasteiger charge is 2.18. The molecule has 130 valence electrons. The summed E-state index contributed by atoms with van der Waals surface area (Å²) in [5, 5.41) is 1.82. The Balaban J connectivity index is 0.00000288. The van der Waals surface area contributed by atoms with Crippen LogP contribution in [0.3, 0.4) is 0 Å². The Hall–Kier alpha value is -1.62. The van der Waals surface area contributed by atoms with Gasteiger partial charge in [-0.3, -0.25) is 15.0 Å². The maximum atomic E-state index is 12.2. The van der Waals surface area contributed by atoms with Crippen LogP contribution in [-0.4, -0.2) is 26.4 Å². The minimum Gasteiger partial charge on any atom is -1.00 e. The van der Waals surface area contributed by atoms with E-state index in [9.17, 15) is 18.0 Å². The fourth-order valence-electron chi connectivity index (χ4n) is 1.80. The second-order valence-corrected chi connectivity index (χ2v) is 7.61. The number of carbonyl (C=O) groups excluding carboxylic acids is 2. The summed E-state index contributed by atoms with van der Waals surface area (Å²) < 4.78 is 23.6. The van der Waals surface area contributed by atoms with Crippen LogP contribution < -0.4 is 31.8 Å². The van der Waals surface area contributed by atoms with Crippen molar-refractivity contribution in [3.63, 3.8) is 0 Å². The molecule has 2 aromatic rings. The van der Waals surface area contributed by atoms with Gasteiger partial charge in [-0.25, -0.2) is 8.42 Å². The Labute approximate surface area is 154 Å². The van der Waals surface area contributed by atoms with Crippen LogP contribution in [-0.2, 0) is 16.6 Å². The topological polar surface area (TPSA) is 96.2 Å². The van der Waals surface area contributed by atoms with E-state index in [1.165, 1.54) is 17.5 Å². The summed E-state index contributed by atoms with van der Waals surface area (Å²) in [4.78, 5) is 26.7. The molecule has 24 heavy (non-hydrogen) atoms. The highest BCUT2D eigenvalue weighted by atomic mass is 79.9. The first-order valence-corrected chi connectivity index (χ1v) is 9.37. The molecule has 10 heteroatoms. The van der Waals surface area contributed by atoms with E-state index in [0.717, 1.165) is 11.9 Å². The third-order valence-corrected chi connectivity index (χ3v) is 4.36. The number of thiophene rings is 1. The summed E-state index contributed by atoms with van der Waals surface area (Å²) in [6, 6.07) is 6.80. The van der Waals surface area contributed by atoms with Crippen molar-refractivity contribution < 1.29 is 39.6 Å². The maximum absolute atomic E-state index is 12.2. The minimum absolute atomic E-state index is 0. The smallest absolute Gasteiger partial charge is 0.272 e. The number of nitrogens with one attached hydrogen (secondary N) is 2. The Kier molecular flexibility index (Phi) is 7.21. The lowest BCUT2D eigenvalue weighted by Gasteiger charge is -2.05. The van der Waals surface area contributed by atoms with Crippen molar-refractivity contribution in [2.24, 2.45) is 0 Å². The van der Waals surface area contributed by atoms with Gasteiger partial charge < -0.3 is 17.0 Å². The predicted octanol–water partition coefficient (Wildman–Crippen LogP) is -2.58. The van der Waals surface area contributed by atoms with Gasteiger partial charge in [0.2, 0.25) is 22.4 Å². The van der Waals surface area contributed by atoms with E-state index in [2.05, 4.69) is 5.43 Å². The molecule has 2 N–H and O–H groups in total. The van der Waals surface area contributed by atoms with Crippen LogP contribution in [0.4, 0.5) is 0 Å². The number of aromatic nitrogens is 1. The lowest BCUT2D eigenvalue weighted by molar-refractivity contribution is -0.689. The predicted molar refractivity (Wildman–Crippen MR) is 85.5 cm³/mol. The number of hydrogen-bond donors (Lipinski definition) is 2. The number of carbonyl (C=O) groups is 2. The molecular formula is C14H16BrN3O4S2. The second kappa shape index (κ2) is 8.47. The fraction of sp³-hybridized carbons (Fsp3) is 0.214. The van der Waals surface area contributed by atoms with E-state index in [1.54, 1.807) is 28.8 Å². The van der Waals surface area contributed by atoms with Crippen molar-refractivity contribution in [2.75, 3.05) is 6.26 Å². The van der Waals surface area contributed by atoms with Gasteiger partial charge in [0.25, 0.3) is 5.91 Å². The molecule has 0 radical (unpaired) electrons. The van der Waals surface area contributed by atoms with Crippen LogP contribution in [0.25, 0.3) is 0 Å². The zero-order valence-electron chi connectivity index (χ0n) is 12.9. The molecule has 1 amide bonds. The first kappa shape index (κ1) is 20.4. The van der Waals surface area contributed by atoms with Crippen LogP contribution in [0, 0.1) is 6.92 Å². The molecule has 2 rings (SSSR count). The number of ketones is 1. The number of nitrogens with zero attached hydrogens (tertiary/aromatic N) is 1. The van der Waals surface area contributed by atoms with Crippen molar-refractivity contribution in [2.45, 2.75) is 13.5 Å². The Bertz CT molecular complexity index is 836. The lowest BCUT2D eigenvalue weighted by atomic mass is 10.2. The third kappa shape index (κ3) is 5.78. The van der Waals surface area contributed by atoms with Crippen molar-refractivity contribution in [1.29, 1.82) is 0 Å². The Morgan fingerprint density at radius 2 is 1.96 bits per heavy atom. The zero-order valence-corrected chi connectivity index (χ0v) is 16.2. The van der Waals surface area contributed by atoms with Crippen LogP contribution in [0.1, 0.15) is 25.7 Å². The molecule has 7 nitrogen and oxygen atoms in total. The molecule has 0 unspecified atom stereocenters. The molecule has 0 fully saturated rings. The normalized spacial score (nSPS) is 10.8. The van der Waals surface area contributed by atoms with Crippen molar-refractivity contribution in [1.82, 2.24) is 10.3 Å². The summed E-state index contributed by atoms with van der Waals surface area (Å²) >= 11 is 1.36. The van der Waals surface area contributed by atoms with E-state index < -0.39 is 15.9 Å². The van der Waals surface area contributed by atoms with Crippen molar-refractivity contribution in [3.05, 3.63) is 52.0 Å². The molecule has 0 saturated heterocycles. The highest BCUT2D eigenvalue weighted by molar-refractivity contribution is 7.88. The SMILES string of the molecule is Cc1ccc(C(=O)NNS(C)(=O)=O)c[n+]1CC(=O)c1cccs1.[Br-]. The van der Waals surface area contributed by atoms with Gasteiger partial charge in [-0.15, -0.1) is 16.2 Å². The Morgan fingerprint density at radius 1 is 1.25 bits per heavy atom. The fourth-order valence-corrected chi connectivity index (χ4v) is 2.74. The molecule has 0 aliphatic heterocycles. The largest absolute Gasteiger partial charge is 1.00 e. The molecule has 2 aromatic heterocycles. The van der Waals surface area contributed by atoms with Gasteiger partial charge in [-0.1, -0.05) is 6.07 Å². The van der Waals surface area contributed by atoms with Crippen LogP contribution in [0.2, 0.25) is 0 Å². The first-order chi connectivity index (χ1) is 10.8. The molecule has 0 atom stereocenters. The number of hydrogen-bond acceptors (Lipinski definition) is 5. The summed E-state index contributed by atoms with van der Waals surface area (Å²) in [6.07, 6.45) is 2.45. The monoisotopic (exact) mass is 433 g/mol. The van der Waals surface area contributed by atoms with Crippen LogP contribution in [0.5, 0.6) is 0 Å². The van der Waals surface area contributed by atoms with Gasteiger partial charge >= 0.3 is 0 Å². The molecule has 0 aliphatic rings. The number of amides is 1. The van der Waals surface area contributed by atoms with E-state index >= 15 is 0 Å². The van der Waals surface area contributed by atoms with Crippen molar-refractivity contribution in [3.8, 4) is 0 Å². The third-order valence-electron chi connectivity index (χ3n) is 2.97. The van der Waals surface area contributed by atoms with Crippen LogP contribution in [0.15, 0.2) is 35.8 Å². The van der Waals surface area contributed by atoms with E-state index in [0.29, 0.717) is 4.88 Å². The number of halogens is 1. The number of pyridine rings is 1. The number of rotatable bonds is 6. The molecule has 2 heterocycles. The zero-order chi connectivity index (χ0) is 17.0. The second-order valence-electron chi connectivity index (χ2n) is 4.92.